The van der Waals surface area contributed by atoms with Crippen molar-refractivity contribution in [1.82, 2.24) is 15.1 Å². The number of imide groups is 1. The summed E-state index contributed by atoms with van der Waals surface area (Å²) in [6.07, 6.45) is 3.49. The van der Waals surface area contributed by atoms with Gasteiger partial charge in [0, 0.05) is 54.2 Å². The molecular formula is C27H27N3O5. The van der Waals surface area contributed by atoms with Gasteiger partial charge in [-0.05, 0) is 49.8 Å². The largest absolute Gasteiger partial charge is 0.459 e. The second-order valence-electron chi connectivity index (χ2n) is 9.14. The summed E-state index contributed by atoms with van der Waals surface area (Å²) in [4.78, 5) is 54.1. The SMILES string of the molecule is Cc1ccoc1C(=O)NC1CCN(C(=O)CCCN2C(=O)c3cccc4cccc(c34)C2=O)CC1. The number of nitrogens with zero attached hydrogens (tertiary/aromatic N) is 2. The molecule has 3 heterocycles. The number of hydrogen-bond donors (Lipinski definition) is 1. The van der Waals surface area contributed by atoms with E-state index in [9.17, 15) is 19.2 Å². The van der Waals surface area contributed by atoms with Gasteiger partial charge in [0.2, 0.25) is 5.91 Å². The van der Waals surface area contributed by atoms with Gasteiger partial charge in [0.1, 0.15) is 0 Å². The van der Waals surface area contributed by atoms with Crippen LogP contribution in [-0.4, -0.2) is 59.1 Å². The number of carbonyl (C=O) groups excluding carboxylic acids is 4. The average Bonchev–Trinajstić information content (AvgIpc) is 3.30. The van der Waals surface area contributed by atoms with Crippen molar-refractivity contribution in [2.45, 2.75) is 38.6 Å². The fraction of sp³-hybridized carbons (Fsp3) is 0.333. The Balaban J connectivity index is 1.12. The number of amides is 4. The highest BCUT2D eigenvalue weighted by Gasteiger charge is 2.32. The molecule has 3 aromatic rings. The van der Waals surface area contributed by atoms with E-state index in [1.807, 2.05) is 31.2 Å². The Morgan fingerprint density at radius 1 is 1.00 bits per heavy atom. The second-order valence-corrected chi connectivity index (χ2v) is 9.14. The van der Waals surface area contributed by atoms with Crippen molar-refractivity contribution in [3.8, 4) is 0 Å². The molecule has 2 aromatic carbocycles. The molecule has 0 spiro atoms. The van der Waals surface area contributed by atoms with Crippen LogP contribution in [0.1, 0.15) is 62.5 Å². The van der Waals surface area contributed by atoms with Crippen molar-refractivity contribution in [1.29, 1.82) is 0 Å². The van der Waals surface area contributed by atoms with Crippen LogP contribution >= 0.6 is 0 Å². The minimum atomic E-state index is -0.310. The number of benzene rings is 2. The molecule has 0 atom stereocenters. The predicted molar refractivity (Wildman–Crippen MR) is 129 cm³/mol. The second kappa shape index (κ2) is 9.37. The van der Waals surface area contributed by atoms with Gasteiger partial charge in [0.05, 0.1) is 6.26 Å². The van der Waals surface area contributed by atoms with Crippen molar-refractivity contribution in [2.75, 3.05) is 19.6 Å². The quantitative estimate of drug-likeness (QED) is 0.552. The first kappa shape index (κ1) is 22.8. The summed E-state index contributed by atoms with van der Waals surface area (Å²) < 4.78 is 5.24. The van der Waals surface area contributed by atoms with Crippen LogP contribution < -0.4 is 5.32 Å². The van der Waals surface area contributed by atoms with E-state index in [1.54, 1.807) is 23.1 Å². The van der Waals surface area contributed by atoms with E-state index < -0.39 is 0 Å². The Morgan fingerprint density at radius 2 is 1.66 bits per heavy atom. The molecule has 0 bridgehead atoms. The van der Waals surface area contributed by atoms with Gasteiger partial charge < -0.3 is 14.6 Å². The fourth-order valence-electron chi connectivity index (χ4n) is 4.96. The van der Waals surface area contributed by atoms with Crippen LogP contribution in [0.4, 0.5) is 0 Å². The molecule has 35 heavy (non-hydrogen) atoms. The number of nitrogens with one attached hydrogen (secondary N) is 1. The number of aryl methyl sites for hydroxylation is 1. The zero-order valence-electron chi connectivity index (χ0n) is 19.6. The molecule has 2 aliphatic rings. The summed E-state index contributed by atoms with van der Waals surface area (Å²) >= 11 is 0. The molecular weight excluding hydrogens is 446 g/mol. The minimum Gasteiger partial charge on any atom is -0.459 e. The lowest BCUT2D eigenvalue weighted by molar-refractivity contribution is -0.132. The number of rotatable bonds is 6. The van der Waals surface area contributed by atoms with E-state index in [4.69, 9.17) is 4.42 Å². The molecule has 2 aliphatic heterocycles. The molecule has 4 amide bonds. The standard InChI is InChI=1S/C27H27N3O5/c1-17-12-16-35-24(17)25(32)28-19-10-14-29(15-11-19)22(31)9-4-13-30-26(33)20-7-2-5-18-6-3-8-21(23(18)20)27(30)34/h2-3,5-8,12,16,19H,4,9-11,13-15H2,1H3,(H,28,32). The molecule has 8 nitrogen and oxygen atoms in total. The molecule has 1 fully saturated rings. The summed E-state index contributed by atoms with van der Waals surface area (Å²) in [6.45, 7) is 3.13. The Bertz CT molecular complexity index is 1270. The van der Waals surface area contributed by atoms with Crippen LogP contribution in [0.2, 0.25) is 0 Å². The van der Waals surface area contributed by atoms with E-state index in [0.717, 1.165) is 10.9 Å². The first-order valence-electron chi connectivity index (χ1n) is 11.9. The highest BCUT2D eigenvalue weighted by molar-refractivity contribution is 6.25. The summed E-state index contributed by atoms with van der Waals surface area (Å²) in [5.74, 6) is -0.532. The summed E-state index contributed by atoms with van der Waals surface area (Å²) in [7, 11) is 0. The van der Waals surface area contributed by atoms with Crippen molar-refractivity contribution < 1.29 is 23.6 Å². The van der Waals surface area contributed by atoms with E-state index in [1.165, 1.54) is 11.2 Å². The van der Waals surface area contributed by atoms with Crippen LogP contribution in [0, 0.1) is 6.92 Å². The van der Waals surface area contributed by atoms with E-state index in [2.05, 4.69) is 5.32 Å². The first-order chi connectivity index (χ1) is 16.9. The lowest BCUT2D eigenvalue weighted by Crippen LogP contribution is -2.46. The molecule has 180 valence electrons. The van der Waals surface area contributed by atoms with Gasteiger partial charge in [-0.3, -0.25) is 24.1 Å². The van der Waals surface area contributed by atoms with Crippen molar-refractivity contribution >= 4 is 34.4 Å². The summed E-state index contributed by atoms with van der Waals surface area (Å²) in [6, 6.07) is 12.7. The third-order valence-corrected chi connectivity index (χ3v) is 6.88. The van der Waals surface area contributed by atoms with E-state index in [-0.39, 0.29) is 42.6 Å². The van der Waals surface area contributed by atoms with Gasteiger partial charge in [-0.2, -0.15) is 0 Å². The zero-order chi connectivity index (χ0) is 24.5. The van der Waals surface area contributed by atoms with E-state index >= 15 is 0 Å². The van der Waals surface area contributed by atoms with E-state index in [0.29, 0.717) is 54.6 Å². The van der Waals surface area contributed by atoms with Gasteiger partial charge >= 0.3 is 0 Å². The van der Waals surface area contributed by atoms with Crippen LogP contribution in [0.15, 0.2) is 53.1 Å². The molecule has 8 heteroatoms. The highest BCUT2D eigenvalue weighted by atomic mass is 16.3. The molecule has 1 N–H and O–H groups in total. The Morgan fingerprint density at radius 3 is 2.26 bits per heavy atom. The molecule has 1 aromatic heterocycles. The minimum absolute atomic E-state index is 0.00364. The molecule has 0 aliphatic carbocycles. The number of piperidine rings is 1. The molecule has 5 rings (SSSR count). The average molecular weight is 474 g/mol. The Kier molecular flexibility index (Phi) is 6.11. The normalized spacial score (nSPS) is 16.1. The van der Waals surface area contributed by atoms with Crippen LogP contribution in [0.5, 0.6) is 0 Å². The number of likely N-dealkylation sites (tertiary alicyclic amines) is 1. The maximum Gasteiger partial charge on any atom is 0.287 e. The molecule has 0 saturated carbocycles. The summed E-state index contributed by atoms with van der Waals surface area (Å²) in [5.41, 5.74) is 1.84. The third kappa shape index (κ3) is 4.32. The van der Waals surface area contributed by atoms with Crippen molar-refractivity contribution in [2.24, 2.45) is 0 Å². The molecule has 1 saturated heterocycles. The van der Waals surface area contributed by atoms with Crippen LogP contribution in [-0.2, 0) is 4.79 Å². The molecule has 0 unspecified atom stereocenters. The first-order valence-corrected chi connectivity index (χ1v) is 11.9. The van der Waals surface area contributed by atoms with Crippen LogP contribution in [0.3, 0.4) is 0 Å². The smallest absolute Gasteiger partial charge is 0.287 e. The maximum absolute atomic E-state index is 13.0. The topological polar surface area (TPSA) is 99.9 Å². The highest BCUT2D eigenvalue weighted by Crippen LogP contribution is 2.30. The Labute approximate surface area is 202 Å². The Hall–Kier alpha value is -3.94. The van der Waals surface area contributed by atoms with Gasteiger partial charge in [-0.15, -0.1) is 0 Å². The summed E-state index contributed by atoms with van der Waals surface area (Å²) in [5, 5.41) is 4.56. The lowest BCUT2D eigenvalue weighted by Gasteiger charge is -2.32. The zero-order valence-corrected chi connectivity index (χ0v) is 19.6. The number of carbonyl (C=O) groups is 4. The number of hydrogen-bond acceptors (Lipinski definition) is 5. The van der Waals surface area contributed by atoms with Gasteiger partial charge in [0.25, 0.3) is 17.7 Å². The molecule has 0 radical (unpaired) electrons. The van der Waals surface area contributed by atoms with Gasteiger partial charge in [-0.1, -0.05) is 24.3 Å². The van der Waals surface area contributed by atoms with Crippen molar-refractivity contribution in [3.63, 3.8) is 0 Å². The predicted octanol–water partition coefficient (Wildman–Crippen LogP) is 3.54. The van der Waals surface area contributed by atoms with Crippen molar-refractivity contribution in [3.05, 3.63) is 71.2 Å². The van der Waals surface area contributed by atoms with Gasteiger partial charge in [0.15, 0.2) is 5.76 Å². The fourth-order valence-corrected chi connectivity index (χ4v) is 4.96. The van der Waals surface area contributed by atoms with Gasteiger partial charge in [-0.25, -0.2) is 0 Å². The number of furan rings is 1. The maximum atomic E-state index is 13.0. The third-order valence-electron chi connectivity index (χ3n) is 6.88. The van der Waals surface area contributed by atoms with Crippen LogP contribution in [0.25, 0.3) is 10.8 Å². The lowest BCUT2D eigenvalue weighted by atomic mass is 9.94. The monoisotopic (exact) mass is 473 g/mol.